The molecule has 5 heteroatoms. The maximum Gasteiger partial charge on any atom is 0.352 e. The van der Waals surface area contributed by atoms with Gasteiger partial charge in [-0.15, -0.1) is 0 Å². The third-order valence-electron chi connectivity index (χ3n) is 2.35. The Morgan fingerprint density at radius 3 is 2.87 bits per heavy atom. The van der Waals surface area contributed by atoms with Crippen molar-refractivity contribution in [1.29, 1.82) is 0 Å². The zero-order valence-electron chi connectivity index (χ0n) is 7.78. The molecular formula is C10H9NO4. The molecular weight excluding hydrogens is 198 g/mol. The van der Waals surface area contributed by atoms with Crippen LogP contribution in [0.2, 0.25) is 0 Å². The minimum absolute atomic E-state index is 0.0588. The van der Waals surface area contributed by atoms with E-state index in [1.807, 2.05) is 0 Å². The Balaban J connectivity index is 2.70. The van der Waals surface area contributed by atoms with Gasteiger partial charge >= 0.3 is 5.97 Å². The highest BCUT2D eigenvalue weighted by atomic mass is 16.4. The van der Waals surface area contributed by atoms with Crippen molar-refractivity contribution in [3.63, 3.8) is 0 Å². The Hall–Kier alpha value is -2.04. The van der Waals surface area contributed by atoms with Gasteiger partial charge < -0.3 is 15.2 Å². The Labute approximate surface area is 84.7 Å². The molecule has 0 fully saturated rings. The lowest BCUT2D eigenvalue weighted by Crippen LogP contribution is -2.19. The lowest BCUT2D eigenvalue weighted by molar-refractivity contribution is 0.0690. The first kappa shape index (κ1) is 9.51. The summed E-state index contributed by atoms with van der Waals surface area (Å²) in [5.74, 6) is -1.27. The maximum atomic E-state index is 11.5. The molecule has 5 nitrogen and oxygen atoms in total. The normalized spacial score (nSPS) is 14.3. The SMILES string of the molecule is O=C(O)c1cc(=O)c2c([nH]1)C(O)=CCC2. The molecule has 1 aliphatic carbocycles. The zero-order chi connectivity index (χ0) is 11.0. The van der Waals surface area contributed by atoms with Crippen LogP contribution < -0.4 is 5.43 Å². The minimum Gasteiger partial charge on any atom is -0.506 e. The first-order valence-electron chi connectivity index (χ1n) is 4.48. The number of pyridine rings is 1. The fourth-order valence-corrected chi connectivity index (χ4v) is 1.62. The Morgan fingerprint density at radius 1 is 1.47 bits per heavy atom. The van der Waals surface area contributed by atoms with Crippen LogP contribution in [0.4, 0.5) is 0 Å². The highest BCUT2D eigenvalue weighted by molar-refractivity contribution is 5.86. The number of hydrogen-bond donors (Lipinski definition) is 3. The van der Waals surface area contributed by atoms with Crippen molar-refractivity contribution in [3.8, 4) is 0 Å². The van der Waals surface area contributed by atoms with Gasteiger partial charge in [-0.25, -0.2) is 4.79 Å². The fourth-order valence-electron chi connectivity index (χ4n) is 1.62. The number of carboxylic acid groups (broad SMARTS) is 1. The van der Waals surface area contributed by atoms with Crippen molar-refractivity contribution in [1.82, 2.24) is 4.98 Å². The summed E-state index contributed by atoms with van der Waals surface area (Å²) in [5, 5.41) is 18.2. The molecule has 0 aromatic carbocycles. The summed E-state index contributed by atoms with van der Waals surface area (Å²) in [6.07, 6.45) is 2.67. The lowest BCUT2D eigenvalue weighted by Gasteiger charge is -2.13. The van der Waals surface area contributed by atoms with Gasteiger partial charge in [-0.3, -0.25) is 4.79 Å². The average molecular weight is 207 g/mol. The maximum absolute atomic E-state index is 11.5. The van der Waals surface area contributed by atoms with Crippen molar-refractivity contribution < 1.29 is 15.0 Å². The van der Waals surface area contributed by atoms with Gasteiger partial charge in [-0.2, -0.15) is 0 Å². The molecule has 3 N–H and O–H groups in total. The Bertz CT molecular complexity index is 513. The Kier molecular flexibility index (Phi) is 2.07. The molecule has 15 heavy (non-hydrogen) atoms. The molecule has 78 valence electrons. The molecule has 0 radical (unpaired) electrons. The van der Waals surface area contributed by atoms with Crippen LogP contribution in [-0.2, 0) is 6.42 Å². The van der Waals surface area contributed by atoms with Crippen molar-refractivity contribution in [3.05, 3.63) is 39.3 Å². The number of aliphatic hydroxyl groups excluding tert-OH is 1. The number of aromatic carboxylic acids is 1. The number of aromatic nitrogens is 1. The largest absolute Gasteiger partial charge is 0.506 e. The number of allylic oxidation sites excluding steroid dienone is 1. The van der Waals surface area contributed by atoms with Crippen molar-refractivity contribution >= 4 is 11.7 Å². The lowest BCUT2D eigenvalue weighted by atomic mass is 10.00. The highest BCUT2D eigenvalue weighted by Gasteiger charge is 2.18. The van der Waals surface area contributed by atoms with E-state index in [0.29, 0.717) is 18.4 Å². The van der Waals surface area contributed by atoms with Crippen LogP contribution in [0.5, 0.6) is 0 Å². The van der Waals surface area contributed by atoms with Gasteiger partial charge in [-0.1, -0.05) is 0 Å². The smallest absolute Gasteiger partial charge is 0.352 e. The number of H-pyrrole nitrogens is 1. The van der Waals surface area contributed by atoms with Crippen LogP contribution in [0.3, 0.4) is 0 Å². The van der Waals surface area contributed by atoms with E-state index in [0.717, 1.165) is 6.07 Å². The standard InChI is InChI=1S/C10H9NO4/c12-7-3-1-2-5-8(13)4-6(10(14)15)11-9(5)7/h3-4,12H,1-2H2,(H,11,13)(H,14,15). The minimum atomic E-state index is -1.21. The first-order valence-corrected chi connectivity index (χ1v) is 4.48. The van der Waals surface area contributed by atoms with Crippen LogP contribution in [0, 0.1) is 0 Å². The number of fused-ring (bicyclic) bond motifs is 1. The number of carboxylic acids is 1. The molecule has 1 aliphatic rings. The number of aromatic amines is 1. The molecule has 1 heterocycles. The van der Waals surface area contributed by atoms with Crippen LogP contribution in [0.25, 0.3) is 5.76 Å². The summed E-state index contributed by atoms with van der Waals surface area (Å²) < 4.78 is 0. The van der Waals surface area contributed by atoms with E-state index in [2.05, 4.69) is 4.98 Å². The summed E-state index contributed by atoms with van der Waals surface area (Å²) in [4.78, 5) is 24.7. The predicted molar refractivity (Wildman–Crippen MR) is 52.9 cm³/mol. The van der Waals surface area contributed by atoms with E-state index in [1.54, 1.807) is 6.08 Å². The van der Waals surface area contributed by atoms with E-state index in [1.165, 1.54) is 0 Å². The summed E-state index contributed by atoms with van der Waals surface area (Å²) in [5.41, 5.74) is 0.118. The van der Waals surface area contributed by atoms with Crippen LogP contribution in [-0.4, -0.2) is 21.2 Å². The monoisotopic (exact) mass is 207 g/mol. The molecule has 0 saturated carbocycles. The van der Waals surface area contributed by atoms with Crippen LogP contribution in [0.15, 0.2) is 16.9 Å². The summed E-state index contributed by atoms with van der Waals surface area (Å²) in [7, 11) is 0. The van der Waals surface area contributed by atoms with Crippen molar-refractivity contribution in [2.24, 2.45) is 0 Å². The van der Waals surface area contributed by atoms with Gasteiger partial charge in [0.2, 0.25) is 0 Å². The second-order valence-electron chi connectivity index (χ2n) is 3.33. The number of rotatable bonds is 1. The van der Waals surface area contributed by atoms with Crippen molar-refractivity contribution in [2.75, 3.05) is 0 Å². The number of nitrogens with one attached hydrogen (secondary N) is 1. The molecule has 1 aromatic heterocycles. The highest BCUT2D eigenvalue weighted by Crippen LogP contribution is 2.19. The van der Waals surface area contributed by atoms with E-state index in [-0.39, 0.29) is 22.6 Å². The quantitative estimate of drug-likeness (QED) is 0.638. The van der Waals surface area contributed by atoms with Crippen LogP contribution >= 0.6 is 0 Å². The first-order chi connectivity index (χ1) is 7.09. The van der Waals surface area contributed by atoms with Gasteiger partial charge in [0, 0.05) is 11.6 Å². The number of aliphatic hydroxyl groups is 1. The molecule has 0 aliphatic heterocycles. The molecule has 1 aromatic rings. The summed E-state index contributed by atoms with van der Waals surface area (Å²) in [6.45, 7) is 0. The van der Waals surface area contributed by atoms with Crippen molar-refractivity contribution in [2.45, 2.75) is 12.8 Å². The third kappa shape index (κ3) is 1.52. The van der Waals surface area contributed by atoms with Crippen LogP contribution in [0.1, 0.15) is 28.2 Å². The van der Waals surface area contributed by atoms with Gasteiger partial charge in [0.25, 0.3) is 0 Å². The number of carbonyl (C=O) groups is 1. The van der Waals surface area contributed by atoms with E-state index < -0.39 is 5.97 Å². The topological polar surface area (TPSA) is 90.4 Å². The fraction of sp³-hybridized carbons (Fsp3) is 0.200. The second-order valence-corrected chi connectivity index (χ2v) is 3.33. The second kappa shape index (κ2) is 3.27. The third-order valence-corrected chi connectivity index (χ3v) is 2.35. The molecule has 0 unspecified atom stereocenters. The van der Waals surface area contributed by atoms with Gasteiger partial charge in [0.1, 0.15) is 11.5 Å². The predicted octanol–water partition coefficient (Wildman–Crippen LogP) is 0.918. The van der Waals surface area contributed by atoms with E-state index >= 15 is 0 Å². The molecule has 0 bridgehead atoms. The molecule has 0 amide bonds. The Morgan fingerprint density at radius 2 is 2.20 bits per heavy atom. The molecule has 0 spiro atoms. The summed E-state index contributed by atoms with van der Waals surface area (Å²) >= 11 is 0. The van der Waals surface area contributed by atoms with E-state index in [9.17, 15) is 14.7 Å². The van der Waals surface area contributed by atoms with E-state index in [4.69, 9.17) is 5.11 Å². The number of hydrogen-bond acceptors (Lipinski definition) is 3. The molecule has 2 rings (SSSR count). The summed E-state index contributed by atoms with van der Waals surface area (Å²) in [6, 6.07) is 1.04. The van der Waals surface area contributed by atoms with Gasteiger partial charge in [0.05, 0.1) is 5.69 Å². The van der Waals surface area contributed by atoms with Gasteiger partial charge in [-0.05, 0) is 18.9 Å². The average Bonchev–Trinajstić information content (AvgIpc) is 2.19. The van der Waals surface area contributed by atoms with Gasteiger partial charge in [0.15, 0.2) is 5.43 Å². The molecule has 0 saturated heterocycles. The zero-order valence-corrected chi connectivity index (χ0v) is 7.78. The molecule has 0 atom stereocenters.